The van der Waals surface area contributed by atoms with Gasteiger partial charge in [-0.15, -0.1) is 18.0 Å². The topological polar surface area (TPSA) is 27.0 Å². The molecule has 1 heterocycles. The Morgan fingerprint density at radius 2 is 1.72 bits per heavy atom. The van der Waals surface area contributed by atoms with Gasteiger partial charge in [0.2, 0.25) is 0 Å². The van der Waals surface area contributed by atoms with E-state index in [0.29, 0.717) is 5.70 Å². The van der Waals surface area contributed by atoms with Gasteiger partial charge in [0, 0.05) is 11.9 Å². The van der Waals surface area contributed by atoms with Gasteiger partial charge in [0.05, 0.1) is 0 Å². The zero-order valence-corrected chi connectivity index (χ0v) is 14.3. The standard InChI is InChI=1S/C15H15N2.K/c1-11-7-6-8-12(2)15(11)17-13(3)14-9-4-5-10-16-14;/h4-10H,3H2,1-2H3;/q-1;+1. The summed E-state index contributed by atoms with van der Waals surface area (Å²) in [6.07, 6.45) is 1.75. The summed E-state index contributed by atoms with van der Waals surface area (Å²) >= 11 is 0. The van der Waals surface area contributed by atoms with Gasteiger partial charge < -0.3 is 5.32 Å². The summed E-state index contributed by atoms with van der Waals surface area (Å²) in [6.45, 7) is 8.08. The number of pyridine rings is 1. The second-order valence-electron chi connectivity index (χ2n) is 4.01. The Morgan fingerprint density at radius 1 is 1.06 bits per heavy atom. The first-order valence-corrected chi connectivity index (χ1v) is 5.57. The fourth-order valence-electron chi connectivity index (χ4n) is 1.71. The molecule has 18 heavy (non-hydrogen) atoms. The smallest absolute Gasteiger partial charge is 0.656 e. The summed E-state index contributed by atoms with van der Waals surface area (Å²) in [6, 6.07) is 11.9. The SMILES string of the molecule is C=C([N-]c1c(C)cccc1C)c1ccccn1.[K+]. The van der Waals surface area contributed by atoms with Crippen LogP contribution in [0.3, 0.4) is 0 Å². The minimum Gasteiger partial charge on any atom is -0.656 e. The Labute approximate surface area is 151 Å². The van der Waals surface area contributed by atoms with E-state index < -0.39 is 0 Å². The molecule has 3 heteroatoms. The molecular formula is C15H15KN2. The molecule has 0 spiro atoms. The first kappa shape index (κ1) is 15.6. The Kier molecular flexibility index (Phi) is 6.25. The molecule has 0 aliphatic heterocycles. The molecule has 0 unspecified atom stereocenters. The van der Waals surface area contributed by atoms with Gasteiger partial charge >= 0.3 is 51.4 Å². The second-order valence-corrected chi connectivity index (χ2v) is 4.01. The van der Waals surface area contributed by atoms with Crippen LogP contribution >= 0.6 is 0 Å². The van der Waals surface area contributed by atoms with E-state index in [1.165, 1.54) is 0 Å². The number of benzene rings is 1. The van der Waals surface area contributed by atoms with Crippen molar-refractivity contribution in [2.45, 2.75) is 13.8 Å². The molecule has 1 aromatic heterocycles. The van der Waals surface area contributed by atoms with Crippen molar-refractivity contribution in [2.24, 2.45) is 0 Å². The van der Waals surface area contributed by atoms with E-state index in [-0.39, 0.29) is 51.4 Å². The van der Waals surface area contributed by atoms with Crippen molar-refractivity contribution in [2.75, 3.05) is 0 Å². The van der Waals surface area contributed by atoms with Crippen LogP contribution in [-0.2, 0) is 0 Å². The predicted octanol–water partition coefficient (Wildman–Crippen LogP) is 1.38. The van der Waals surface area contributed by atoms with E-state index in [0.717, 1.165) is 22.5 Å². The van der Waals surface area contributed by atoms with E-state index in [1.54, 1.807) is 6.20 Å². The van der Waals surface area contributed by atoms with Gasteiger partial charge in [-0.05, 0) is 26.0 Å². The molecule has 2 rings (SSSR count). The van der Waals surface area contributed by atoms with Crippen LogP contribution in [0.4, 0.5) is 5.69 Å². The van der Waals surface area contributed by atoms with Crippen LogP contribution in [-0.4, -0.2) is 4.98 Å². The van der Waals surface area contributed by atoms with Crippen molar-refractivity contribution < 1.29 is 51.4 Å². The number of rotatable bonds is 3. The number of nitrogens with zero attached hydrogens (tertiary/aromatic N) is 2. The van der Waals surface area contributed by atoms with E-state index in [9.17, 15) is 0 Å². The van der Waals surface area contributed by atoms with Crippen LogP contribution in [0.15, 0.2) is 49.2 Å². The first-order chi connectivity index (χ1) is 8.18. The summed E-state index contributed by atoms with van der Waals surface area (Å²) in [7, 11) is 0. The van der Waals surface area contributed by atoms with E-state index in [4.69, 9.17) is 0 Å². The molecule has 2 nitrogen and oxygen atoms in total. The van der Waals surface area contributed by atoms with E-state index in [1.807, 2.05) is 24.3 Å². The predicted molar refractivity (Wildman–Crippen MR) is 72.2 cm³/mol. The van der Waals surface area contributed by atoms with E-state index >= 15 is 0 Å². The van der Waals surface area contributed by atoms with Gasteiger partial charge in [0.1, 0.15) is 0 Å². The van der Waals surface area contributed by atoms with Crippen molar-refractivity contribution in [1.82, 2.24) is 4.98 Å². The number of para-hydroxylation sites is 1. The van der Waals surface area contributed by atoms with Crippen LogP contribution < -0.4 is 51.4 Å². The van der Waals surface area contributed by atoms with Gasteiger partial charge in [-0.2, -0.15) is 0 Å². The van der Waals surface area contributed by atoms with Crippen LogP contribution in [0.5, 0.6) is 0 Å². The third-order valence-corrected chi connectivity index (χ3v) is 2.65. The summed E-state index contributed by atoms with van der Waals surface area (Å²) in [4.78, 5) is 4.24. The quantitative estimate of drug-likeness (QED) is 0.768. The molecule has 0 saturated heterocycles. The van der Waals surface area contributed by atoms with Crippen LogP contribution in [0.25, 0.3) is 11.0 Å². The summed E-state index contributed by atoms with van der Waals surface area (Å²) < 4.78 is 0. The monoisotopic (exact) mass is 262 g/mol. The minimum atomic E-state index is 0. The maximum atomic E-state index is 4.57. The van der Waals surface area contributed by atoms with Crippen LogP contribution in [0, 0.1) is 13.8 Å². The zero-order valence-electron chi connectivity index (χ0n) is 11.1. The molecule has 0 fully saturated rings. The normalized spacial score (nSPS) is 9.44. The summed E-state index contributed by atoms with van der Waals surface area (Å²) in [5, 5.41) is 4.57. The number of aryl methyl sites for hydroxylation is 2. The van der Waals surface area contributed by atoms with Crippen molar-refractivity contribution in [3.63, 3.8) is 0 Å². The van der Waals surface area contributed by atoms with E-state index in [2.05, 4.69) is 42.9 Å². The molecule has 0 amide bonds. The van der Waals surface area contributed by atoms with Crippen molar-refractivity contribution >= 4 is 11.4 Å². The maximum absolute atomic E-state index is 4.57. The van der Waals surface area contributed by atoms with Crippen LogP contribution in [0.2, 0.25) is 0 Å². The summed E-state index contributed by atoms with van der Waals surface area (Å²) in [5.41, 5.74) is 4.81. The average molecular weight is 262 g/mol. The third kappa shape index (κ3) is 3.77. The molecule has 0 bridgehead atoms. The molecule has 0 atom stereocenters. The Bertz CT molecular complexity index is 515. The number of aromatic nitrogens is 1. The van der Waals surface area contributed by atoms with Gasteiger partial charge in [0.25, 0.3) is 0 Å². The maximum Gasteiger partial charge on any atom is 1.00 e. The molecule has 2 aromatic rings. The molecule has 1 aromatic carbocycles. The molecular weight excluding hydrogens is 247 g/mol. The number of hydrogen-bond acceptors (Lipinski definition) is 1. The van der Waals surface area contributed by atoms with Crippen molar-refractivity contribution in [1.29, 1.82) is 0 Å². The van der Waals surface area contributed by atoms with Gasteiger partial charge in [-0.3, -0.25) is 4.98 Å². The Hall–Kier alpha value is -0.454. The van der Waals surface area contributed by atoms with Crippen molar-refractivity contribution in [3.05, 3.63) is 71.3 Å². The Balaban J connectivity index is 0.00000162. The van der Waals surface area contributed by atoms with Gasteiger partial charge in [-0.25, -0.2) is 0 Å². The fourth-order valence-corrected chi connectivity index (χ4v) is 1.71. The molecule has 0 aliphatic rings. The minimum absolute atomic E-state index is 0. The zero-order chi connectivity index (χ0) is 12.3. The summed E-state index contributed by atoms with van der Waals surface area (Å²) in [5.74, 6) is 0. The molecule has 86 valence electrons. The van der Waals surface area contributed by atoms with Gasteiger partial charge in [-0.1, -0.05) is 35.4 Å². The molecule has 0 N–H and O–H groups in total. The molecule has 0 aliphatic carbocycles. The molecule has 0 radical (unpaired) electrons. The fraction of sp³-hybridized carbons (Fsp3) is 0.133. The Morgan fingerprint density at radius 3 is 2.28 bits per heavy atom. The largest absolute Gasteiger partial charge is 1.00 e. The molecule has 0 saturated carbocycles. The van der Waals surface area contributed by atoms with Gasteiger partial charge in [0.15, 0.2) is 0 Å². The van der Waals surface area contributed by atoms with Crippen LogP contribution in [0.1, 0.15) is 16.8 Å². The first-order valence-electron chi connectivity index (χ1n) is 5.57. The second kappa shape index (κ2) is 7.21. The third-order valence-electron chi connectivity index (χ3n) is 2.65. The number of hydrogen-bond donors (Lipinski definition) is 0. The van der Waals surface area contributed by atoms with Crippen molar-refractivity contribution in [3.8, 4) is 0 Å². The average Bonchev–Trinajstić information content (AvgIpc) is 2.35.